The topological polar surface area (TPSA) is 78.5 Å². The van der Waals surface area contributed by atoms with Crippen LogP contribution in [-0.2, 0) is 9.59 Å². The lowest BCUT2D eigenvalue weighted by molar-refractivity contribution is -0.135. The number of hydrogen-bond acceptors (Lipinski definition) is 3. The molecule has 0 bridgehead atoms. The number of nitrogens with zero attached hydrogens (tertiary/aromatic N) is 1. The van der Waals surface area contributed by atoms with Crippen LogP contribution in [0.3, 0.4) is 0 Å². The number of carbonyl (C=O) groups excluding carboxylic acids is 3. The molecule has 0 spiro atoms. The first-order valence-corrected chi connectivity index (χ1v) is 10.5. The molecule has 0 aliphatic carbocycles. The maximum absolute atomic E-state index is 12.7. The van der Waals surface area contributed by atoms with Gasteiger partial charge in [0.1, 0.15) is 12.1 Å². The lowest BCUT2D eigenvalue weighted by Crippen LogP contribution is -2.46. The molecule has 1 heterocycles. The summed E-state index contributed by atoms with van der Waals surface area (Å²) < 4.78 is 0. The van der Waals surface area contributed by atoms with Crippen molar-refractivity contribution in [2.45, 2.75) is 44.6 Å². The second-order valence-corrected chi connectivity index (χ2v) is 7.62. The van der Waals surface area contributed by atoms with Crippen molar-refractivity contribution in [2.75, 3.05) is 13.1 Å². The van der Waals surface area contributed by atoms with Crippen LogP contribution in [0.1, 0.15) is 50.2 Å². The SMILES string of the molecule is CCC1(CC)NC(=O)N(CC(=O)NCCC(c2ccccc2)c2ccccc2)C1=O. The molecule has 0 unspecified atom stereocenters. The summed E-state index contributed by atoms with van der Waals surface area (Å²) in [4.78, 5) is 38.3. The zero-order valence-corrected chi connectivity index (χ0v) is 17.6. The molecule has 0 radical (unpaired) electrons. The molecule has 0 atom stereocenters. The third kappa shape index (κ3) is 4.53. The van der Waals surface area contributed by atoms with Gasteiger partial charge in [0, 0.05) is 12.5 Å². The third-order valence-electron chi connectivity index (χ3n) is 5.91. The zero-order valence-electron chi connectivity index (χ0n) is 17.6. The number of urea groups is 1. The second-order valence-electron chi connectivity index (χ2n) is 7.62. The summed E-state index contributed by atoms with van der Waals surface area (Å²) >= 11 is 0. The van der Waals surface area contributed by atoms with Gasteiger partial charge in [-0.2, -0.15) is 0 Å². The zero-order chi connectivity index (χ0) is 21.6. The molecule has 30 heavy (non-hydrogen) atoms. The smallest absolute Gasteiger partial charge is 0.325 e. The summed E-state index contributed by atoms with van der Waals surface area (Å²) in [7, 11) is 0. The number of imide groups is 1. The normalized spacial score (nSPS) is 15.4. The number of carbonyl (C=O) groups is 3. The van der Waals surface area contributed by atoms with E-state index in [9.17, 15) is 14.4 Å². The van der Waals surface area contributed by atoms with Crippen LogP contribution in [0.5, 0.6) is 0 Å². The summed E-state index contributed by atoms with van der Waals surface area (Å²) in [6.07, 6.45) is 1.72. The van der Waals surface area contributed by atoms with E-state index in [1.54, 1.807) is 0 Å². The van der Waals surface area contributed by atoms with Gasteiger partial charge in [0.15, 0.2) is 0 Å². The van der Waals surface area contributed by atoms with E-state index in [4.69, 9.17) is 0 Å². The van der Waals surface area contributed by atoms with Gasteiger partial charge in [-0.25, -0.2) is 4.79 Å². The van der Waals surface area contributed by atoms with Crippen molar-refractivity contribution < 1.29 is 14.4 Å². The maximum Gasteiger partial charge on any atom is 0.325 e. The van der Waals surface area contributed by atoms with Crippen LogP contribution in [0.25, 0.3) is 0 Å². The van der Waals surface area contributed by atoms with Crippen molar-refractivity contribution in [2.24, 2.45) is 0 Å². The lowest BCUT2D eigenvalue weighted by atomic mass is 9.88. The molecule has 6 heteroatoms. The molecule has 2 N–H and O–H groups in total. The molecule has 1 aliphatic rings. The van der Waals surface area contributed by atoms with Crippen molar-refractivity contribution in [1.82, 2.24) is 15.5 Å². The van der Waals surface area contributed by atoms with Crippen LogP contribution >= 0.6 is 0 Å². The summed E-state index contributed by atoms with van der Waals surface area (Å²) in [5.74, 6) is -0.502. The van der Waals surface area contributed by atoms with Gasteiger partial charge in [0.05, 0.1) is 0 Å². The van der Waals surface area contributed by atoms with E-state index < -0.39 is 11.6 Å². The van der Waals surface area contributed by atoms with Crippen LogP contribution in [0.4, 0.5) is 4.79 Å². The first-order valence-electron chi connectivity index (χ1n) is 10.5. The Hall–Kier alpha value is -3.15. The molecule has 1 fully saturated rings. The molecule has 0 saturated carbocycles. The first-order chi connectivity index (χ1) is 14.5. The van der Waals surface area contributed by atoms with E-state index in [1.165, 1.54) is 11.1 Å². The highest BCUT2D eigenvalue weighted by Crippen LogP contribution is 2.27. The van der Waals surface area contributed by atoms with Crippen molar-refractivity contribution in [3.8, 4) is 0 Å². The minimum absolute atomic E-state index is 0.150. The van der Waals surface area contributed by atoms with Gasteiger partial charge in [-0.15, -0.1) is 0 Å². The van der Waals surface area contributed by atoms with E-state index in [0.717, 1.165) is 4.90 Å². The highest BCUT2D eigenvalue weighted by atomic mass is 16.2. The Bertz CT molecular complexity index is 840. The molecular weight excluding hydrogens is 378 g/mol. The van der Waals surface area contributed by atoms with Crippen LogP contribution in [0.2, 0.25) is 0 Å². The molecule has 4 amide bonds. The highest BCUT2D eigenvalue weighted by Gasteiger charge is 2.49. The van der Waals surface area contributed by atoms with Gasteiger partial charge in [0.25, 0.3) is 5.91 Å². The molecule has 6 nitrogen and oxygen atoms in total. The van der Waals surface area contributed by atoms with Gasteiger partial charge in [-0.1, -0.05) is 74.5 Å². The number of hydrogen-bond donors (Lipinski definition) is 2. The Balaban J connectivity index is 1.60. The minimum Gasteiger partial charge on any atom is -0.355 e. The predicted molar refractivity (Wildman–Crippen MR) is 116 cm³/mol. The van der Waals surface area contributed by atoms with E-state index in [0.29, 0.717) is 25.8 Å². The fourth-order valence-electron chi connectivity index (χ4n) is 4.00. The van der Waals surface area contributed by atoms with E-state index >= 15 is 0 Å². The van der Waals surface area contributed by atoms with Gasteiger partial charge in [0.2, 0.25) is 5.91 Å². The first kappa shape index (κ1) is 21.6. The molecule has 158 valence electrons. The number of nitrogens with one attached hydrogen (secondary N) is 2. The quantitative estimate of drug-likeness (QED) is 0.625. The molecule has 2 aromatic rings. The summed E-state index contributed by atoms with van der Waals surface area (Å²) in [5.41, 5.74) is 1.48. The number of benzene rings is 2. The van der Waals surface area contributed by atoms with Crippen molar-refractivity contribution in [1.29, 1.82) is 0 Å². The summed E-state index contributed by atoms with van der Waals surface area (Å²) in [6, 6.07) is 19.9. The molecule has 3 rings (SSSR count). The Labute approximate surface area is 177 Å². The molecule has 2 aromatic carbocycles. The highest BCUT2D eigenvalue weighted by molar-refractivity contribution is 6.08. The van der Waals surface area contributed by atoms with E-state index in [1.807, 2.05) is 50.2 Å². The van der Waals surface area contributed by atoms with Crippen molar-refractivity contribution in [3.63, 3.8) is 0 Å². The molecule has 1 saturated heterocycles. The molecule has 0 aromatic heterocycles. The predicted octanol–water partition coefficient (Wildman–Crippen LogP) is 3.44. The Morgan fingerprint density at radius 1 is 0.967 bits per heavy atom. The van der Waals surface area contributed by atoms with Crippen LogP contribution < -0.4 is 10.6 Å². The summed E-state index contributed by atoms with van der Waals surface area (Å²) in [5, 5.41) is 5.62. The standard InChI is InChI=1S/C24H29N3O3/c1-3-24(4-2)22(29)27(23(30)26-24)17-21(28)25-16-15-20(18-11-7-5-8-12-18)19-13-9-6-10-14-19/h5-14,20H,3-4,15-17H2,1-2H3,(H,25,28)(H,26,30). The van der Waals surface area contributed by atoms with Gasteiger partial charge in [-0.05, 0) is 30.4 Å². The maximum atomic E-state index is 12.7. The Morgan fingerprint density at radius 3 is 1.97 bits per heavy atom. The van der Waals surface area contributed by atoms with Crippen LogP contribution in [-0.4, -0.2) is 41.4 Å². The Morgan fingerprint density at radius 2 is 1.50 bits per heavy atom. The van der Waals surface area contributed by atoms with Gasteiger partial charge < -0.3 is 10.6 Å². The summed E-state index contributed by atoms with van der Waals surface area (Å²) in [6.45, 7) is 3.91. The fourth-order valence-corrected chi connectivity index (χ4v) is 4.00. The van der Waals surface area contributed by atoms with E-state index in [-0.39, 0.29) is 24.3 Å². The van der Waals surface area contributed by atoms with Crippen LogP contribution in [0, 0.1) is 0 Å². The third-order valence-corrected chi connectivity index (χ3v) is 5.91. The molecule has 1 aliphatic heterocycles. The van der Waals surface area contributed by atoms with E-state index in [2.05, 4.69) is 34.9 Å². The average molecular weight is 408 g/mol. The van der Waals surface area contributed by atoms with Crippen LogP contribution in [0.15, 0.2) is 60.7 Å². The second kappa shape index (κ2) is 9.57. The van der Waals surface area contributed by atoms with Crippen molar-refractivity contribution >= 4 is 17.8 Å². The van der Waals surface area contributed by atoms with Gasteiger partial charge >= 0.3 is 6.03 Å². The number of amides is 4. The largest absolute Gasteiger partial charge is 0.355 e. The molecular formula is C24H29N3O3. The minimum atomic E-state index is -0.886. The lowest BCUT2D eigenvalue weighted by Gasteiger charge is -2.23. The van der Waals surface area contributed by atoms with Crippen molar-refractivity contribution in [3.05, 3.63) is 71.8 Å². The number of rotatable bonds is 9. The average Bonchev–Trinajstić information content (AvgIpc) is 3.02. The Kier molecular flexibility index (Phi) is 6.87. The monoisotopic (exact) mass is 407 g/mol. The fraction of sp³-hybridized carbons (Fsp3) is 0.375. The van der Waals surface area contributed by atoms with Gasteiger partial charge in [-0.3, -0.25) is 14.5 Å².